The van der Waals surface area contributed by atoms with Gasteiger partial charge < -0.3 is 29.2 Å². The summed E-state index contributed by atoms with van der Waals surface area (Å²) in [7, 11) is 6.09. The number of methoxy groups -OCH3 is 4. The van der Waals surface area contributed by atoms with Crippen LogP contribution in [-0.4, -0.2) is 38.7 Å². The number of benzene rings is 2. The van der Waals surface area contributed by atoms with Crippen LogP contribution in [0.2, 0.25) is 0 Å². The molecule has 120 valence electrons. The molecule has 0 aromatic heterocycles. The Balaban J connectivity index is 0.000000220. The van der Waals surface area contributed by atoms with Crippen molar-refractivity contribution in [2.24, 2.45) is 0 Å². The summed E-state index contributed by atoms with van der Waals surface area (Å²) in [4.78, 5) is 0. The molecular formula is C16H20O6. The highest BCUT2D eigenvalue weighted by Gasteiger charge is 2.01. The van der Waals surface area contributed by atoms with Crippen LogP contribution < -0.4 is 18.9 Å². The third kappa shape index (κ3) is 4.66. The summed E-state index contributed by atoms with van der Waals surface area (Å²) in [5.41, 5.74) is 0. The van der Waals surface area contributed by atoms with E-state index in [-0.39, 0.29) is 11.5 Å². The van der Waals surface area contributed by atoms with Crippen LogP contribution in [-0.2, 0) is 0 Å². The lowest BCUT2D eigenvalue weighted by Gasteiger charge is -2.04. The normalized spacial score (nSPS) is 9.27. The molecule has 6 heteroatoms. The Hall–Kier alpha value is -2.76. The molecule has 0 aliphatic carbocycles. The Morgan fingerprint density at radius 1 is 0.591 bits per heavy atom. The third-order valence-electron chi connectivity index (χ3n) is 2.77. The number of phenols is 2. The summed E-state index contributed by atoms with van der Waals surface area (Å²) in [5.74, 6) is 2.31. The number of hydrogen-bond donors (Lipinski definition) is 2. The zero-order valence-corrected chi connectivity index (χ0v) is 13.0. The van der Waals surface area contributed by atoms with Crippen LogP contribution in [0.1, 0.15) is 0 Å². The molecule has 0 aliphatic rings. The van der Waals surface area contributed by atoms with Crippen LogP contribution in [0.5, 0.6) is 34.5 Å². The lowest BCUT2D eigenvalue weighted by atomic mass is 10.3. The first-order valence-electron chi connectivity index (χ1n) is 6.37. The minimum absolute atomic E-state index is 0.0897. The molecule has 0 aliphatic heterocycles. The van der Waals surface area contributed by atoms with Gasteiger partial charge in [0.25, 0.3) is 0 Å². The van der Waals surface area contributed by atoms with E-state index >= 15 is 0 Å². The molecular weight excluding hydrogens is 288 g/mol. The molecule has 2 rings (SSSR count). The zero-order chi connectivity index (χ0) is 16.5. The van der Waals surface area contributed by atoms with E-state index in [4.69, 9.17) is 18.9 Å². The summed E-state index contributed by atoms with van der Waals surface area (Å²) in [6, 6.07) is 9.73. The van der Waals surface area contributed by atoms with Crippen molar-refractivity contribution in [3.63, 3.8) is 0 Å². The fourth-order valence-electron chi connectivity index (χ4n) is 1.59. The maximum Gasteiger partial charge on any atom is 0.161 e. The predicted octanol–water partition coefficient (Wildman–Crippen LogP) is 2.82. The quantitative estimate of drug-likeness (QED) is 0.904. The van der Waals surface area contributed by atoms with Crippen molar-refractivity contribution >= 4 is 0 Å². The van der Waals surface area contributed by atoms with E-state index < -0.39 is 0 Å². The predicted molar refractivity (Wildman–Crippen MR) is 82.4 cm³/mol. The van der Waals surface area contributed by atoms with Crippen LogP contribution in [0.25, 0.3) is 0 Å². The first kappa shape index (κ1) is 17.3. The van der Waals surface area contributed by atoms with Gasteiger partial charge in [-0.1, -0.05) is 0 Å². The second-order valence-electron chi connectivity index (χ2n) is 4.08. The molecule has 2 aromatic carbocycles. The molecule has 0 saturated carbocycles. The van der Waals surface area contributed by atoms with Gasteiger partial charge in [0.05, 0.1) is 28.4 Å². The van der Waals surface area contributed by atoms with E-state index in [1.807, 2.05) is 0 Å². The maximum atomic E-state index is 9.22. The summed E-state index contributed by atoms with van der Waals surface area (Å²) in [6.07, 6.45) is 0. The number of phenolic OH excluding ortho intramolecular Hbond substituents is 2. The van der Waals surface area contributed by atoms with Crippen molar-refractivity contribution in [3.8, 4) is 34.5 Å². The third-order valence-corrected chi connectivity index (χ3v) is 2.77. The van der Waals surface area contributed by atoms with Crippen molar-refractivity contribution in [1.82, 2.24) is 0 Å². The van der Waals surface area contributed by atoms with E-state index in [1.165, 1.54) is 26.4 Å². The number of aromatic hydroxyl groups is 2. The second-order valence-corrected chi connectivity index (χ2v) is 4.08. The molecule has 0 heterocycles. The van der Waals surface area contributed by atoms with E-state index in [0.29, 0.717) is 23.0 Å². The van der Waals surface area contributed by atoms with Crippen LogP contribution in [0.15, 0.2) is 36.4 Å². The molecule has 2 N–H and O–H groups in total. The van der Waals surface area contributed by atoms with Crippen molar-refractivity contribution in [1.29, 1.82) is 0 Å². The Bertz CT molecular complexity index is 544. The molecule has 0 saturated heterocycles. The Labute approximate surface area is 129 Å². The Kier molecular flexibility index (Phi) is 6.69. The summed E-state index contributed by atoms with van der Waals surface area (Å²) >= 11 is 0. The smallest absolute Gasteiger partial charge is 0.161 e. The highest BCUT2D eigenvalue weighted by molar-refractivity contribution is 5.44. The van der Waals surface area contributed by atoms with Gasteiger partial charge in [-0.05, 0) is 24.3 Å². The fraction of sp³-hybridized carbons (Fsp3) is 0.250. The highest BCUT2D eigenvalue weighted by Crippen LogP contribution is 2.30. The van der Waals surface area contributed by atoms with E-state index in [0.717, 1.165) is 0 Å². The van der Waals surface area contributed by atoms with E-state index in [2.05, 4.69) is 0 Å². The van der Waals surface area contributed by atoms with Crippen molar-refractivity contribution < 1.29 is 29.2 Å². The minimum atomic E-state index is 0.0897. The van der Waals surface area contributed by atoms with E-state index in [9.17, 15) is 10.2 Å². The monoisotopic (exact) mass is 308 g/mol. The SMILES string of the molecule is COc1ccc(OC)c(O)c1.COc1ccc(OC)c(O)c1. The average Bonchev–Trinajstić information content (AvgIpc) is 2.55. The standard InChI is InChI=1S/2C8H10O3/c2*1-10-6-3-4-8(11-2)7(9)5-6/h2*3-5,9H,1-2H3. The van der Waals surface area contributed by atoms with Crippen molar-refractivity contribution in [3.05, 3.63) is 36.4 Å². The zero-order valence-electron chi connectivity index (χ0n) is 13.0. The topological polar surface area (TPSA) is 77.4 Å². The molecule has 0 fully saturated rings. The summed E-state index contributed by atoms with van der Waals surface area (Å²) in [5, 5.41) is 18.4. The second kappa shape index (κ2) is 8.51. The Morgan fingerprint density at radius 2 is 0.955 bits per heavy atom. The molecule has 0 spiro atoms. The van der Waals surface area contributed by atoms with Crippen LogP contribution in [0.4, 0.5) is 0 Å². The van der Waals surface area contributed by atoms with Gasteiger partial charge in [0, 0.05) is 12.1 Å². The van der Waals surface area contributed by atoms with Gasteiger partial charge in [-0.3, -0.25) is 0 Å². The summed E-state index contributed by atoms with van der Waals surface area (Å²) < 4.78 is 19.4. The van der Waals surface area contributed by atoms with Gasteiger partial charge in [0.2, 0.25) is 0 Å². The highest BCUT2D eigenvalue weighted by atomic mass is 16.5. The van der Waals surface area contributed by atoms with Crippen LogP contribution in [0.3, 0.4) is 0 Å². The van der Waals surface area contributed by atoms with Crippen molar-refractivity contribution in [2.45, 2.75) is 0 Å². The fourth-order valence-corrected chi connectivity index (χ4v) is 1.59. The van der Waals surface area contributed by atoms with E-state index in [1.54, 1.807) is 38.5 Å². The lowest BCUT2D eigenvalue weighted by molar-refractivity contribution is 0.366. The number of ether oxygens (including phenoxy) is 4. The van der Waals surface area contributed by atoms with Gasteiger partial charge in [0.1, 0.15) is 11.5 Å². The largest absolute Gasteiger partial charge is 0.504 e. The molecule has 2 aromatic rings. The first-order valence-corrected chi connectivity index (χ1v) is 6.37. The van der Waals surface area contributed by atoms with Crippen LogP contribution >= 0.6 is 0 Å². The van der Waals surface area contributed by atoms with Gasteiger partial charge in [-0.25, -0.2) is 0 Å². The Morgan fingerprint density at radius 3 is 1.18 bits per heavy atom. The summed E-state index contributed by atoms with van der Waals surface area (Å²) in [6.45, 7) is 0. The van der Waals surface area contributed by atoms with Crippen molar-refractivity contribution in [2.75, 3.05) is 28.4 Å². The molecule has 0 radical (unpaired) electrons. The minimum Gasteiger partial charge on any atom is -0.504 e. The maximum absolute atomic E-state index is 9.22. The number of hydrogen-bond acceptors (Lipinski definition) is 6. The van der Waals surface area contributed by atoms with Gasteiger partial charge in [0.15, 0.2) is 23.0 Å². The molecule has 6 nitrogen and oxygen atoms in total. The molecule has 22 heavy (non-hydrogen) atoms. The molecule has 0 amide bonds. The van der Waals surface area contributed by atoms with Gasteiger partial charge in [-0.2, -0.15) is 0 Å². The molecule has 0 unspecified atom stereocenters. The molecule has 0 bridgehead atoms. The average molecular weight is 308 g/mol. The van der Waals surface area contributed by atoms with Gasteiger partial charge in [-0.15, -0.1) is 0 Å². The van der Waals surface area contributed by atoms with Crippen LogP contribution in [0, 0.1) is 0 Å². The van der Waals surface area contributed by atoms with Gasteiger partial charge >= 0.3 is 0 Å². The first-order chi connectivity index (χ1) is 10.5. The molecule has 0 atom stereocenters. The lowest BCUT2D eigenvalue weighted by Crippen LogP contribution is -1.85. The number of rotatable bonds is 4.